The Labute approximate surface area is 183 Å². The zero-order chi connectivity index (χ0) is 25.4. The molecule has 188 valence electrons. The lowest BCUT2D eigenvalue weighted by Gasteiger charge is -2.37. The van der Waals surface area contributed by atoms with E-state index in [9.17, 15) is 31.1 Å². The van der Waals surface area contributed by atoms with Crippen molar-refractivity contribution in [2.75, 3.05) is 39.8 Å². The number of H-pyrrole nitrogens is 1. The first-order valence-corrected chi connectivity index (χ1v) is 9.32. The molecule has 0 radical (unpaired) electrons. The molecule has 0 spiro atoms. The summed E-state index contributed by atoms with van der Waals surface area (Å²) in [5, 5.41) is 20.8. The zero-order valence-electron chi connectivity index (χ0n) is 17.2. The van der Waals surface area contributed by atoms with Crippen LogP contribution in [0.5, 0.6) is 0 Å². The van der Waals surface area contributed by atoms with Crippen molar-refractivity contribution in [3.8, 4) is 0 Å². The number of amides is 1. The van der Waals surface area contributed by atoms with Crippen molar-refractivity contribution in [3.05, 3.63) is 18.0 Å². The van der Waals surface area contributed by atoms with Gasteiger partial charge in [-0.1, -0.05) is 0 Å². The third-order valence-electron chi connectivity index (χ3n) is 4.55. The van der Waals surface area contributed by atoms with Crippen molar-refractivity contribution in [1.82, 2.24) is 20.0 Å². The zero-order valence-corrected chi connectivity index (χ0v) is 17.2. The Balaban J connectivity index is 0.000000324. The van der Waals surface area contributed by atoms with Gasteiger partial charge in [-0.15, -0.1) is 0 Å². The number of carbonyl (C=O) groups is 3. The highest BCUT2D eigenvalue weighted by Gasteiger charge is 2.39. The molecule has 2 atom stereocenters. The molecular formula is C17H22F6N4O6. The van der Waals surface area contributed by atoms with Gasteiger partial charge in [0, 0.05) is 38.3 Å². The number of aromatic nitrogens is 2. The van der Waals surface area contributed by atoms with Crippen LogP contribution in [0.4, 0.5) is 26.3 Å². The number of fused-ring (bicyclic) bond motifs is 1. The number of alkyl halides is 6. The van der Waals surface area contributed by atoms with Gasteiger partial charge in [-0.2, -0.15) is 31.4 Å². The molecular weight excluding hydrogens is 470 g/mol. The highest BCUT2D eigenvalue weighted by Crippen LogP contribution is 2.24. The predicted molar refractivity (Wildman–Crippen MR) is 97.2 cm³/mol. The molecule has 3 N–H and O–H groups in total. The maximum atomic E-state index is 12.3. The summed E-state index contributed by atoms with van der Waals surface area (Å²) in [4.78, 5) is 34.3. The number of carboxylic acid groups (broad SMARTS) is 2. The maximum absolute atomic E-state index is 12.3. The minimum atomic E-state index is -5.08. The first-order chi connectivity index (χ1) is 15.1. The molecule has 2 saturated heterocycles. The van der Waals surface area contributed by atoms with E-state index in [1.54, 1.807) is 12.3 Å². The second-order valence-electron chi connectivity index (χ2n) is 7.05. The molecule has 33 heavy (non-hydrogen) atoms. The molecule has 2 aliphatic rings. The van der Waals surface area contributed by atoms with Gasteiger partial charge in [-0.3, -0.25) is 9.89 Å². The Kier molecular flexibility index (Phi) is 10.1. The maximum Gasteiger partial charge on any atom is 0.490 e. The molecule has 1 aromatic heterocycles. The summed E-state index contributed by atoms with van der Waals surface area (Å²) in [6, 6.07) is 1.72. The Bertz CT molecular complexity index is 762. The normalized spacial score (nSPS) is 21.4. The predicted octanol–water partition coefficient (Wildman–Crippen LogP) is 1.47. The van der Waals surface area contributed by atoms with Gasteiger partial charge in [0.1, 0.15) is 5.69 Å². The number of nitrogens with zero attached hydrogens (tertiary/aromatic N) is 3. The summed E-state index contributed by atoms with van der Waals surface area (Å²) in [5.74, 6) is -4.95. The summed E-state index contributed by atoms with van der Waals surface area (Å²) in [5.41, 5.74) is 0.559. The fourth-order valence-corrected chi connectivity index (χ4v) is 2.94. The summed E-state index contributed by atoms with van der Waals surface area (Å²) >= 11 is 0. The lowest BCUT2D eigenvalue weighted by molar-refractivity contribution is -0.193. The van der Waals surface area contributed by atoms with Gasteiger partial charge in [-0.25, -0.2) is 9.59 Å². The van der Waals surface area contributed by atoms with Gasteiger partial charge in [0.15, 0.2) is 0 Å². The molecule has 3 rings (SSSR count). The average molecular weight is 492 g/mol. The molecule has 2 aliphatic heterocycles. The number of hydrogen-bond donors (Lipinski definition) is 3. The van der Waals surface area contributed by atoms with E-state index in [0.29, 0.717) is 18.2 Å². The molecule has 10 nitrogen and oxygen atoms in total. The fraction of sp³-hybridized carbons (Fsp3) is 0.647. The number of carbonyl (C=O) groups excluding carboxylic acids is 1. The van der Waals surface area contributed by atoms with Crippen molar-refractivity contribution >= 4 is 17.8 Å². The van der Waals surface area contributed by atoms with Gasteiger partial charge in [0.2, 0.25) is 0 Å². The van der Waals surface area contributed by atoms with Gasteiger partial charge in [0.25, 0.3) is 5.91 Å². The SMILES string of the molecule is CN1CCO[C@@H]2CN(C(=O)c3ccn[nH]3)CC[C@@H]2C1.O=C(O)C(F)(F)F.O=C(O)C(F)(F)F. The van der Waals surface area contributed by atoms with Crippen LogP contribution in [0.2, 0.25) is 0 Å². The smallest absolute Gasteiger partial charge is 0.475 e. The van der Waals surface area contributed by atoms with Crippen molar-refractivity contribution in [1.29, 1.82) is 0 Å². The molecule has 0 aromatic carbocycles. The van der Waals surface area contributed by atoms with E-state index in [-0.39, 0.29) is 12.0 Å². The van der Waals surface area contributed by atoms with E-state index < -0.39 is 24.3 Å². The minimum absolute atomic E-state index is 0.0251. The van der Waals surface area contributed by atoms with Crippen molar-refractivity contribution < 1.29 is 55.7 Å². The molecule has 1 aromatic rings. The van der Waals surface area contributed by atoms with Crippen LogP contribution in [-0.2, 0) is 14.3 Å². The van der Waals surface area contributed by atoms with Crippen LogP contribution in [0.25, 0.3) is 0 Å². The topological polar surface area (TPSA) is 136 Å². The number of ether oxygens (including phenoxy) is 1. The first-order valence-electron chi connectivity index (χ1n) is 9.32. The Morgan fingerprint density at radius 2 is 1.61 bits per heavy atom. The van der Waals surface area contributed by atoms with E-state index in [2.05, 4.69) is 22.1 Å². The molecule has 0 saturated carbocycles. The van der Waals surface area contributed by atoms with E-state index in [1.807, 2.05) is 4.90 Å². The Morgan fingerprint density at radius 3 is 2.06 bits per heavy atom. The minimum Gasteiger partial charge on any atom is -0.475 e. The summed E-state index contributed by atoms with van der Waals surface area (Å²) in [6.45, 7) is 4.29. The van der Waals surface area contributed by atoms with Crippen LogP contribution >= 0.6 is 0 Å². The molecule has 1 amide bonds. The third-order valence-corrected chi connectivity index (χ3v) is 4.55. The monoisotopic (exact) mass is 492 g/mol. The van der Waals surface area contributed by atoms with Crippen LogP contribution in [0.1, 0.15) is 16.9 Å². The van der Waals surface area contributed by atoms with Crippen LogP contribution in [0.15, 0.2) is 12.3 Å². The van der Waals surface area contributed by atoms with Crippen LogP contribution in [0.3, 0.4) is 0 Å². The second kappa shape index (κ2) is 11.8. The summed E-state index contributed by atoms with van der Waals surface area (Å²) < 4.78 is 69.4. The van der Waals surface area contributed by atoms with Crippen LogP contribution < -0.4 is 0 Å². The molecule has 3 heterocycles. The molecule has 0 bridgehead atoms. The Morgan fingerprint density at radius 1 is 1.06 bits per heavy atom. The largest absolute Gasteiger partial charge is 0.490 e. The van der Waals surface area contributed by atoms with E-state index in [1.165, 1.54) is 0 Å². The first kappa shape index (κ1) is 28.2. The number of aromatic amines is 1. The lowest BCUT2D eigenvalue weighted by Crippen LogP contribution is -2.49. The van der Waals surface area contributed by atoms with Crippen LogP contribution in [0, 0.1) is 5.92 Å². The molecule has 2 fully saturated rings. The molecule has 0 aliphatic carbocycles. The standard InChI is InChI=1S/C13H20N4O2.2C2HF3O2/c1-16-6-7-19-12-9-17(5-3-10(12)8-16)13(18)11-2-4-14-15-11;2*3-2(4,5)1(6)7/h2,4,10,12H,3,5-9H2,1H3,(H,14,15);2*(H,6,7)/t10-,12-;;/m1../s1. The number of nitrogens with one attached hydrogen (secondary N) is 1. The quantitative estimate of drug-likeness (QED) is 0.502. The van der Waals surface area contributed by atoms with Crippen LogP contribution in [-0.4, -0.2) is 106 Å². The summed E-state index contributed by atoms with van der Waals surface area (Å²) in [6.07, 6.45) is -7.38. The lowest BCUT2D eigenvalue weighted by atomic mass is 9.93. The molecule has 0 unspecified atom stereocenters. The van der Waals surface area contributed by atoms with Gasteiger partial charge in [-0.05, 0) is 19.5 Å². The Hall–Kier alpha value is -2.88. The average Bonchev–Trinajstić information content (AvgIpc) is 3.16. The number of likely N-dealkylation sites (N-methyl/N-ethyl adjacent to an activating group) is 1. The van der Waals surface area contributed by atoms with Crippen molar-refractivity contribution in [3.63, 3.8) is 0 Å². The number of hydrogen-bond acceptors (Lipinski definition) is 6. The second-order valence-corrected chi connectivity index (χ2v) is 7.05. The van der Waals surface area contributed by atoms with Crippen molar-refractivity contribution in [2.24, 2.45) is 5.92 Å². The highest BCUT2D eigenvalue weighted by molar-refractivity contribution is 5.92. The van der Waals surface area contributed by atoms with Gasteiger partial charge >= 0.3 is 24.3 Å². The summed E-state index contributed by atoms with van der Waals surface area (Å²) in [7, 11) is 2.13. The number of halogens is 6. The number of likely N-dealkylation sites (tertiary alicyclic amines) is 1. The highest BCUT2D eigenvalue weighted by atomic mass is 19.4. The number of piperidine rings is 1. The van der Waals surface area contributed by atoms with E-state index >= 15 is 0 Å². The van der Waals surface area contributed by atoms with E-state index in [4.69, 9.17) is 24.5 Å². The fourth-order valence-electron chi connectivity index (χ4n) is 2.94. The van der Waals surface area contributed by atoms with Crippen molar-refractivity contribution in [2.45, 2.75) is 24.9 Å². The molecule has 16 heteroatoms. The number of aliphatic carboxylic acids is 2. The van der Waals surface area contributed by atoms with Gasteiger partial charge < -0.3 is 24.7 Å². The van der Waals surface area contributed by atoms with E-state index in [0.717, 1.165) is 32.7 Å². The number of rotatable bonds is 1. The number of carboxylic acids is 2. The third kappa shape index (κ3) is 9.65. The van der Waals surface area contributed by atoms with Gasteiger partial charge in [0.05, 0.1) is 12.7 Å².